The fourth-order valence-electron chi connectivity index (χ4n) is 5.04. The molecular weight excluding hydrogens is 537 g/mol. The van der Waals surface area contributed by atoms with Crippen LogP contribution in [0.4, 0.5) is 4.39 Å². The van der Waals surface area contributed by atoms with Gasteiger partial charge in [-0.05, 0) is 57.0 Å². The van der Waals surface area contributed by atoms with Crippen LogP contribution in [0.3, 0.4) is 0 Å². The first kappa shape index (κ1) is 28.5. The average molecular weight is 572 g/mol. The van der Waals surface area contributed by atoms with Crippen LogP contribution in [0.15, 0.2) is 84.0 Å². The molecule has 1 unspecified atom stereocenters. The highest BCUT2D eigenvalue weighted by Gasteiger charge is 2.30. The van der Waals surface area contributed by atoms with Crippen molar-refractivity contribution in [2.24, 2.45) is 0 Å². The van der Waals surface area contributed by atoms with E-state index in [-0.39, 0.29) is 17.9 Å². The molecule has 1 aromatic heterocycles. The molecule has 2 heterocycles. The maximum Gasteiger partial charge on any atom is 0.254 e. The zero-order valence-corrected chi connectivity index (χ0v) is 24.2. The molecule has 1 atom stereocenters. The van der Waals surface area contributed by atoms with Crippen LogP contribution in [-0.2, 0) is 4.79 Å². The quantitative estimate of drug-likeness (QED) is 0.182. The topological polar surface area (TPSA) is 71.3 Å². The van der Waals surface area contributed by atoms with E-state index >= 15 is 0 Å². The summed E-state index contributed by atoms with van der Waals surface area (Å²) in [5.74, 6) is 1.10. The van der Waals surface area contributed by atoms with Crippen molar-refractivity contribution in [3.8, 4) is 17.1 Å². The Balaban J connectivity index is 1.13. The smallest absolute Gasteiger partial charge is 0.254 e. The Hall–Kier alpha value is -3.98. The fourth-order valence-corrected chi connectivity index (χ4v) is 5.99. The van der Waals surface area contributed by atoms with E-state index in [4.69, 9.17) is 0 Å². The third-order valence-electron chi connectivity index (χ3n) is 7.29. The number of carbonyl (C=O) groups is 2. The van der Waals surface area contributed by atoms with Crippen LogP contribution in [0, 0.1) is 12.7 Å². The first-order valence-corrected chi connectivity index (χ1v) is 14.9. The van der Waals surface area contributed by atoms with E-state index in [1.54, 1.807) is 28.8 Å². The number of thioether (sulfide) groups is 1. The van der Waals surface area contributed by atoms with E-state index < -0.39 is 5.82 Å². The van der Waals surface area contributed by atoms with Gasteiger partial charge in [0.15, 0.2) is 11.0 Å². The van der Waals surface area contributed by atoms with Gasteiger partial charge < -0.3 is 9.80 Å². The van der Waals surface area contributed by atoms with Crippen molar-refractivity contribution in [2.75, 3.05) is 25.4 Å². The van der Waals surface area contributed by atoms with Crippen molar-refractivity contribution >= 4 is 23.6 Å². The minimum atomic E-state index is -0.428. The molecule has 1 fully saturated rings. The maximum atomic E-state index is 13.6. The second kappa shape index (κ2) is 13.1. The Morgan fingerprint density at radius 3 is 2.46 bits per heavy atom. The summed E-state index contributed by atoms with van der Waals surface area (Å²) in [5, 5.41) is 9.84. The predicted molar refractivity (Wildman–Crippen MR) is 160 cm³/mol. The zero-order chi connectivity index (χ0) is 28.8. The van der Waals surface area contributed by atoms with E-state index in [1.807, 2.05) is 30.0 Å². The highest BCUT2D eigenvalue weighted by atomic mass is 32.2. The second-order valence-corrected chi connectivity index (χ2v) is 11.4. The Morgan fingerprint density at radius 2 is 1.73 bits per heavy atom. The molecule has 0 saturated carbocycles. The third-order valence-corrected chi connectivity index (χ3v) is 8.30. The molecule has 7 nitrogen and oxygen atoms in total. The molecule has 4 aromatic rings. The third kappa shape index (κ3) is 6.85. The number of benzene rings is 3. The first-order chi connectivity index (χ1) is 19.9. The molecular formula is C32H34FN5O2S. The molecule has 2 amide bonds. The van der Waals surface area contributed by atoms with Crippen molar-refractivity contribution in [3.05, 3.63) is 95.8 Å². The van der Waals surface area contributed by atoms with E-state index in [0.717, 1.165) is 40.8 Å². The molecule has 1 aliphatic heterocycles. The predicted octanol–water partition coefficient (Wildman–Crippen LogP) is 6.02. The summed E-state index contributed by atoms with van der Waals surface area (Å²) in [6.07, 6.45) is 2.10. The minimum Gasteiger partial charge on any atom is -0.339 e. The summed E-state index contributed by atoms with van der Waals surface area (Å²) in [6, 6.07) is 24.0. The number of para-hydroxylation sites is 1. The van der Waals surface area contributed by atoms with Gasteiger partial charge in [0.25, 0.3) is 5.91 Å². The van der Waals surface area contributed by atoms with E-state index in [9.17, 15) is 14.0 Å². The van der Waals surface area contributed by atoms with E-state index in [0.29, 0.717) is 31.6 Å². The zero-order valence-electron chi connectivity index (χ0n) is 23.4. The molecule has 3 aromatic carbocycles. The van der Waals surface area contributed by atoms with E-state index in [2.05, 4.69) is 58.1 Å². The lowest BCUT2D eigenvalue weighted by Crippen LogP contribution is -2.55. The van der Waals surface area contributed by atoms with Gasteiger partial charge in [-0.1, -0.05) is 65.9 Å². The number of rotatable bonds is 9. The molecule has 0 aliphatic carbocycles. The number of piperazine rings is 1. The standard InChI is InChI=1S/C32H34FN5O2S/c1-23-14-16-25(17-15-23)30-34-35-32(38(30)28-11-4-3-5-12-28)41-20-7-6-13-29(39)36-18-19-37(24(2)22-36)31(40)26-9-8-10-27(33)21-26/h3-5,8-12,14-17,21,24H,6-7,13,18-20,22H2,1-2H3. The normalized spacial score (nSPS) is 15.2. The number of nitrogens with zero attached hydrogens (tertiary/aromatic N) is 5. The van der Waals surface area contributed by atoms with Gasteiger partial charge >= 0.3 is 0 Å². The number of carbonyl (C=O) groups excluding carboxylic acids is 2. The van der Waals surface area contributed by atoms with Crippen LogP contribution in [0.1, 0.15) is 42.1 Å². The summed E-state index contributed by atoms with van der Waals surface area (Å²) in [6.45, 7) is 5.41. The molecule has 0 N–H and O–H groups in total. The highest BCUT2D eigenvalue weighted by molar-refractivity contribution is 7.99. The van der Waals surface area contributed by atoms with Crippen LogP contribution in [0.2, 0.25) is 0 Å². The van der Waals surface area contributed by atoms with Crippen molar-refractivity contribution < 1.29 is 14.0 Å². The number of aryl methyl sites for hydroxylation is 1. The maximum absolute atomic E-state index is 13.6. The van der Waals surface area contributed by atoms with Gasteiger partial charge in [-0.2, -0.15) is 0 Å². The Kier molecular flexibility index (Phi) is 9.14. The molecule has 0 radical (unpaired) electrons. The SMILES string of the molecule is Cc1ccc(-c2nnc(SCCCCC(=O)N3CCN(C(=O)c4cccc(F)c4)C(C)C3)n2-c2ccccc2)cc1. The summed E-state index contributed by atoms with van der Waals surface area (Å²) in [4.78, 5) is 29.3. The largest absolute Gasteiger partial charge is 0.339 e. The number of unbranched alkanes of at least 4 members (excludes halogenated alkanes) is 1. The first-order valence-electron chi connectivity index (χ1n) is 14.0. The summed E-state index contributed by atoms with van der Waals surface area (Å²) < 4.78 is 15.7. The number of amides is 2. The molecule has 41 heavy (non-hydrogen) atoms. The monoisotopic (exact) mass is 571 g/mol. The molecule has 9 heteroatoms. The van der Waals surface area contributed by atoms with Crippen LogP contribution in [0.25, 0.3) is 17.1 Å². The van der Waals surface area contributed by atoms with Crippen molar-refractivity contribution in [1.29, 1.82) is 0 Å². The van der Waals surface area contributed by atoms with Gasteiger partial charge in [-0.25, -0.2) is 4.39 Å². The average Bonchev–Trinajstić information content (AvgIpc) is 3.41. The van der Waals surface area contributed by atoms with Crippen molar-refractivity contribution in [3.63, 3.8) is 0 Å². The highest BCUT2D eigenvalue weighted by Crippen LogP contribution is 2.29. The Morgan fingerprint density at radius 1 is 0.951 bits per heavy atom. The summed E-state index contributed by atoms with van der Waals surface area (Å²) in [5.41, 5.74) is 3.55. The van der Waals surface area contributed by atoms with Crippen LogP contribution >= 0.6 is 11.8 Å². The molecule has 1 saturated heterocycles. The van der Waals surface area contributed by atoms with Crippen molar-refractivity contribution in [2.45, 2.75) is 44.3 Å². The van der Waals surface area contributed by atoms with Gasteiger partial charge in [0.2, 0.25) is 5.91 Å². The summed E-state index contributed by atoms with van der Waals surface area (Å²) >= 11 is 1.64. The summed E-state index contributed by atoms with van der Waals surface area (Å²) in [7, 11) is 0. The minimum absolute atomic E-state index is 0.105. The number of aromatic nitrogens is 3. The van der Waals surface area contributed by atoms with Crippen molar-refractivity contribution in [1.82, 2.24) is 24.6 Å². The van der Waals surface area contributed by atoms with Gasteiger partial charge in [0, 0.05) is 54.7 Å². The lowest BCUT2D eigenvalue weighted by atomic mass is 10.1. The second-order valence-electron chi connectivity index (χ2n) is 10.3. The number of halogens is 1. The van der Waals surface area contributed by atoms with Gasteiger partial charge in [-0.3, -0.25) is 14.2 Å². The Labute approximate surface area is 244 Å². The van der Waals surface area contributed by atoms with Gasteiger partial charge in [0.1, 0.15) is 5.82 Å². The van der Waals surface area contributed by atoms with Gasteiger partial charge in [-0.15, -0.1) is 10.2 Å². The fraction of sp³-hybridized carbons (Fsp3) is 0.312. The molecule has 0 spiro atoms. The number of hydrogen-bond donors (Lipinski definition) is 0. The molecule has 212 valence electrons. The Bertz CT molecular complexity index is 1490. The van der Waals surface area contributed by atoms with Crippen LogP contribution < -0.4 is 0 Å². The lowest BCUT2D eigenvalue weighted by Gasteiger charge is -2.40. The molecule has 0 bridgehead atoms. The van der Waals surface area contributed by atoms with Gasteiger partial charge in [0.05, 0.1) is 0 Å². The lowest BCUT2D eigenvalue weighted by molar-refractivity contribution is -0.133. The molecule has 5 rings (SSSR count). The van der Waals surface area contributed by atoms with Crippen LogP contribution in [-0.4, -0.2) is 67.8 Å². The van der Waals surface area contributed by atoms with E-state index in [1.165, 1.54) is 17.7 Å². The number of hydrogen-bond acceptors (Lipinski definition) is 5. The molecule has 1 aliphatic rings. The van der Waals surface area contributed by atoms with Crippen LogP contribution in [0.5, 0.6) is 0 Å².